The fourth-order valence-electron chi connectivity index (χ4n) is 5.18. The number of benzene rings is 2. The molecule has 0 radical (unpaired) electrons. The highest BCUT2D eigenvalue weighted by molar-refractivity contribution is 5.79. The van der Waals surface area contributed by atoms with Gasteiger partial charge in [0.15, 0.2) is 11.5 Å². The summed E-state index contributed by atoms with van der Waals surface area (Å²) in [6.07, 6.45) is 1.74. The second kappa shape index (κ2) is 18.0. The zero-order chi connectivity index (χ0) is 31.2. The molecule has 8 nitrogen and oxygen atoms in total. The second-order valence-corrected chi connectivity index (χ2v) is 11.9. The first-order valence-electron chi connectivity index (χ1n) is 15.2. The predicted octanol–water partition coefficient (Wildman–Crippen LogP) is 5.55. The topological polar surface area (TPSA) is 112 Å². The van der Waals surface area contributed by atoms with Crippen molar-refractivity contribution in [3.8, 4) is 17.2 Å². The Hall–Kier alpha value is -2.81. The highest BCUT2D eigenvalue weighted by Gasteiger charge is 2.30. The molecule has 0 bridgehead atoms. The summed E-state index contributed by atoms with van der Waals surface area (Å²) in [7, 11) is 4.94. The van der Waals surface area contributed by atoms with E-state index in [2.05, 4.69) is 25.2 Å². The number of carbonyl (C=O) groups excluding carboxylic acids is 1. The molecule has 0 saturated heterocycles. The quantitative estimate of drug-likeness (QED) is 0.185. The Balaban J connectivity index is 2.04. The van der Waals surface area contributed by atoms with Crippen molar-refractivity contribution in [2.24, 2.45) is 29.4 Å². The van der Waals surface area contributed by atoms with Gasteiger partial charge in [0.25, 0.3) is 0 Å². The molecule has 0 unspecified atom stereocenters. The average molecular weight is 587 g/mol. The van der Waals surface area contributed by atoms with Crippen molar-refractivity contribution >= 4 is 5.91 Å². The highest BCUT2D eigenvalue weighted by atomic mass is 16.5. The smallest absolute Gasteiger partial charge is 0.223 e. The fraction of sp³-hybridized carbons (Fsp3) is 0.618. The maximum Gasteiger partial charge on any atom is 0.223 e. The molecule has 2 rings (SSSR count). The summed E-state index contributed by atoms with van der Waals surface area (Å²) in [4.78, 5) is 13.3. The van der Waals surface area contributed by atoms with Gasteiger partial charge in [-0.05, 0) is 79.3 Å². The van der Waals surface area contributed by atoms with Crippen molar-refractivity contribution < 1.29 is 28.8 Å². The van der Waals surface area contributed by atoms with Gasteiger partial charge in [-0.25, -0.2) is 0 Å². The average Bonchev–Trinajstić information content (AvgIpc) is 2.97. The number of aliphatic hydroxyl groups excluding tert-OH is 1. The van der Waals surface area contributed by atoms with E-state index >= 15 is 0 Å². The molecular weight excluding hydrogens is 532 g/mol. The van der Waals surface area contributed by atoms with E-state index in [0.717, 1.165) is 29.7 Å². The van der Waals surface area contributed by atoms with E-state index in [1.54, 1.807) is 21.3 Å². The summed E-state index contributed by atoms with van der Waals surface area (Å²) in [5.74, 6) is 2.35. The minimum absolute atomic E-state index is 0.0480. The van der Waals surface area contributed by atoms with Gasteiger partial charge in [-0.3, -0.25) is 4.79 Å². The van der Waals surface area contributed by atoms with Gasteiger partial charge in [0, 0.05) is 32.1 Å². The lowest BCUT2D eigenvalue weighted by atomic mass is 9.80. The summed E-state index contributed by atoms with van der Waals surface area (Å²) >= 11 is 0. The molecule has 0 aromatic heterocycles. The van der Waals surface area contributed by atoms with Gasteiger partial charge < -0.3 is 35.1 Å². The van der Waals surface area contributed by atoms with Crippen LogP contribution in [0.5, 0.6) is 17.2 Å². The number of nitrogens with two attached hydrogens (primary N) is 1. The lowest BCUT2D eigenvalue weighted by molar-refractivity contribution is -0.128. The summed E-state index contributed by atoms with van der Waals surface area (Å²) in [5.41, 5.74) is 8.69. The van der Waals surface area contributed by atoms with Crippen LogP contribution in [0.25, 0.3) is 0 Å². The lowest BCUT2D eigenvalue weighted by Gasteiger charge is -2.30. The first-order chi connectivity index (χ1) is 20.0. The van der Waals surface area contributed by atoms with Gasteiger partial charge >= 0.3 is 0 Å². The van der Waals surface area contributed by atoms with Gasteiger partial charge in [0.05, 0.1) is 33.0 Å². The fourth-order valence-corrected chi connectivity index (χ4v) is 5.18. The molecule has 0 heterocycles. The van der Waals surface area contributed by atoms with Crippen LogP contribution < -0.4 is 25.3 Å². The normalized spacial score (nSPS) is 15.1. The zero-order valence-corrected chi connectivity index (χ0v) is 26.9. The SMILES string of the molecule is COCCCOc1cc(C[C@@H](C[C@H](N)[C@@H](O)C[C@H](C(=O)N[C@@H](C)c2cccc(OC)c2)C(C)C)C(C)C)ccc1OC. The zero-order valence-electron chi connectivity index (χ0n) is 26.9. The molecule has 236 valence electrons. The van der Waals surface area contributed by atoms with Crippen LogP contribution in [0.4, 0.5) is 0 Å². The number of aliphatic hydroxyl groups is 1. The van der Waals surface area contributed by atoms with Gasteiger partial charge in [-0.15, -0.1) is 0 Å². The molecule has 42 heavy (non-hydrogen) atoms. The van der Waals surface area contributed by atoms with Gasteiger partial charge in [0.1, 0.15) is 5.75 Å². The van der Waals surface area contributed by atoms with E-state index < -0.39 is 12.1 Å². The summed E-state index contributed by atoms with van der Waals surface area (Å²) in [6.45, 7) is 11.5. The molecule has 4 N–H and O–H groups in total. The minimum atomic E-state index is -0.799. The second-order valence-electron chi connectivity index (χ2n) is 11.9. The van der Waals surface area contributed by atoms with Crippen LogP contribution in [-0.4, -0.2) is 57.7 Å². The monoisotopic (exact) mass is 586 g/mol. The Kier molecular flexibility index (Phi) is 15.2. The third-order valence-corrected chi connectivity index (χ3v) is 8.08. The van der Waals surface area contributed by atoms with Crippen LogP contribution in [0.2, 0.25) is 0 Å². The molecule has 0 aliphatic heterocycles. The number of hydrogen-bond donors (Lipinski definition) is 3. The van der Waals surface area contributed by atoms with Gasteiger partial charge in [-0.2, -0.15) is 0 Å². The number of nitrogens with one attached hydrogen (secondary N) is 1. The van der Waals surface area contributed by atoms with Crippen molar-refractivity contribution in [2.75, 3.05) is 34.5 Å². The predicted molar refractivity (Wildman–Crippen MR) is 168 cm³/mol. The Morgan fingerprint density at radius 3 is 2.26 bits per heavy atom. The number of ether oxygens (including phenoxy) is 4. The molecule has 8 heteroatoms. The number of hydrogen-bond acceptors (Lipinski definition) is 7. The van der Waals surface area contributed by atoms with Crippen LogP contribution in [-0.2, 0) is 16.0 Å². The Bertz CT molecular complexity index is 1080. The third-order valence-electron chi connectivity index (χ3n) is 8.08. The first kappa shape index (κ1) is 35.4. The maximum absolute atomic E-state index is 13.3. The van der Waals surface area contributed by atoms with E-state index in [0.29, 0.717) is 43.5 Å². The molecule has 2 aromatic carbocycles. The van der Waals surface area contributed by atoms with Crippen molar-refractivity contribution in [1.29, 1.82) is 0 Å². The van der Waals surface area contributed by atoms with Crippen molar-refractivity contribution in [2.45, 2.75) is 78.5 Å². The van der Waals surface area contributed by atoms with Gasteiger partial charge in [-0.1, -0.05) is 45.9 Å². The number of amides is 1. The van der Waals surface area contributed by atoms with E-state index in [4.69, 9.17) is 24.7 Å². The standard InChI is InChI=1S/C34H54N2O6/c1-22(2)27(17-25-13-14-32(41-8)33(18-25)42-16-10-15-39-6)20-30(35)31(37)21-29(23(3)4)34(38)36-24(5)26-11-9-12-28(19-26)40-7/h9,11-14,18-19,22-24,27,29-31,37H,10,15-17,20-21,35H2,1-8H3,(H,36,38)/t24-,27-,29-,30-,31-/m0/s1. The van der Waals surface area contributed by atoms with E-state index in [9.17, 15) is 9.90 Å². The first-order valence-corrected chi connectivity index (χ1v) is 15.2. The van der Waals surface area contributed by atoms with Crippen LogP contribution in [0.1, 0.15) is 71.0 Å². The largest absolute Gasteiger partial charge is 0.497 e. The van der Waals surface area contributed by atoms with Crippen LogP contribution in [0.3, 0.4) is 0 Å². The molecule has 0 aliphatic carbocycles. The number of carbonyl (C=O) groups is 1. The molecule has 1 amide bonds. The Morgan fingerprint density at radius 1 is 0.905 bits per heavy atom. The Labute approximate surface area is 253 Å². The van der Waals surface area contributed by atoms with E-state index in [1.165, 1.54) is 0 Å². The molecule has 0 saturated carbocycles. The van der Waals surface area contributed by atoms with Crippen LogP contribution >= 0.6 is 0 Å². The van der Waals surface area contributed by atoms with E-state index in [-0.39, 0.29) is 29.7 Å². The molecule has 0 aliphatic rings. The highest BCUT2D eigenvalue weighted by Crippen LogP contribution is 2.32. The van der Waals surface area contributed by atoms with Crippen LogP contribution in [0, 0.1) is 23.7 Å². The summed E-state index contributed by atoms with van der Waals surface area (Å²) in [6, 6.07) is 13.1. The minimum Gasteiger partial charge on any atom is -0.497 e. The molecule has 2 aromatic rings. The van der Waals surface area contributed by atoms with Crippen LogP contribution in [0.15, 0.2) is 42.5 Å². The summed E-state index contributed by atoms with van der Waals surface area (Å²) in [5, 5.41) is 14.3. The van der Waals surface area contributed by atoms with Crippen molar-refractivity contribution in [3.63, 3.8) is 0 Å². The van der Waals surface area contributed by atoms with E-state index in [1.807, 2.05) is 57.2 Å². The molecule has 0 fully saturated rings. The molecular formula is C34H54N2O6. The number of rotatable bonds is 19. The molecule has 5 atom stereocenters. The van der Waals surface area contributed by atoms with Crippen molar-refractivity contribution in [1.82, 2.24) is 5.32 Å². The number of methoxy groups -OCH3 is 3. The molecule has 0 spiro atoms. The third kappa shape index (κ3) is 11.1. The maximum atomic E-state index is 13.3. The summed E-state index contributed by atoms with van der Waals surface area (Å²) < 4.78 is 21.9. The van der Waals surface area contributed by atoms with Gasteiger partial charge in [0.2, 0.25) is 5.91 Å². The Morgan fingerprint density at radius 2 is 1.64 bits per heavy atom. The lowest BCUT2D eigenvalue weighted by Crippen LogP contribution is -2.43. The van der Waals surface area contributed by atoms with Crippen molar-refractivity contribution in [3.05, 3.63) is 53.6 Å².